The quantitative estimate of drug-likeness (QED) is 0.634. The number of benzene rings is 1. The molecule has 5 heteroatoms. The largest absolute Gasteiger partial charge is 0.456 e. The summed E-state index contributed by atoms with van der Waals surface area (Å²) >= 11 is 5.64. The number of ether oxygens (including phenoxy) is 1. The van der Waals surface area contributed by atoms with Gasteiger partial charge < -0.3 is 4.74 Å². The van der Waals surface area contributed by atoms with Gasteiger partial charge in [-0.2, -0.15) is 0 Å². The predicted molar refractivity (Wildman–Crippen MR) is 72.0 cm³/mol. The summed E-state index contributed by atoms with van der Waals surface area (Å²) in [5.41, 5.74) is 0.922. The molecule has 0 aliphatic heterocycles. The van der Waals surface area contributed by atoms with Crippen LogP contribution in [0.3, 0.4) is 0 Å². The summed E-state index contributed by atoms with van der Waals surface area (Å²) in [4.78, 5) is 16.1. The summed E-state index contributed by atoms with van der Waals surface area (Å²) in [7, 11) is 0. The molecule has 2 rings (SSSR count). The van der Waals surface area contributed by atoms with Gasteiger partial charge in [0.15, 0.2) is 0 Å². The van der Waals surface area contributed by atoms with Crippen LogP contribution in [-0.4, -0.2) is 16.6 Å². The average Bonchev–Trinajstić information content (AvgIpc) is 2.53. The molecule has 0 saturated carbocycles. The van der Waals surface area contributed by atoms with Gasteiger partial charge in [-0.05, 0) is 39.0 Å². The molecule has 3 nitrogen and oxygen atoms in total. The Bertz CT molecular complexity index is 569. The molecule has 0 aliphatic carbocycles. The second-order valence-electron chi connectivity index (χ2n) is 4.68. The molecule has 0 bridgehead atoms. The summed E-state index contributed by atoms with van der Waals surface area (Å²) in [6.45, 7) is 5.55. The minimum atomic E-state index is -0.478. The molecule has 0 atom stereocenters. The maximum atomic E-state index is 11.9. The van der Waals surface area contributed by atoms with Gasteiger partial charge in [-0.15, -0.1) is 24.0 Å². The van der Waals surface area contributed by atoms with E-state index in [0.29, 0.717) is 9.90 Å². The van der Waals surface area contributed by atoms with Crippen LogP contribution in [0.4, 0.5) is 0 Å². The molecule has 0 radical (unpaired) electrons. The van der Waals surface area contributed by atoms with Gasteiger partial charge in [0.1, 0.15) is 9.94 Å². The molecule has 0 aliphatic rings. The number of rotatable bonds is 1. The molecule has 2 aromatic rings. The number of thiol groups is 1. The van der Waals surface area contributed by atoms with Crippen molar-refractivity contribution in [1.29, 1.82) is 0 Å². The summed E-state index contributed by atoms with van der Waals surface area (Å²) in [6, 6.07) is 5.33. The summed E-state index contributed by atoms with van der Waals surface area (Å²) in [6.07, 6.45) is 0. The number of esters is 1. The minimum absolute atomic E-state index is 0.312. The monoisotopic (exact) mass is 267 g/mol. The number of fused-ring (bicyclic) bond motifs is 1. The topological polar surface area (TPSA) is 39.2 Å². The maximum Gasteiger partial charge on any atom is 0.338 e. The molecule has 0 spiro atoms. The van der Waals surface area contributed by atoms with E-state index in [2.05, 4.69) is 17.6 Å². The first-order chi connectivity index (χ1) is 7.85. The predicted octanol–water partition coefficient (Wildman–Crippen LogP) is 3.54. The summed E-state index contributed by atoms with van der Waals surface area (Å²) < 4.78 is 6.94. The molecule has 17 heavy (non-hydrogen) atoms. The van der Waals surface area contributed by atoms with E-state index in [1.807, 2.05) is 26.8 Å². The van der Waals surface area contributed by atoms with Gasteiger partial charge in [-0.3, -0.25) is 0 Å². The molecule has 0 unspecified atom stereocenters. The third kappa shape index (κ3) is 2.98. The van der Waals surface area contributed by atoms with Crippen LogP contribution in [-0.2, 0) is 4.74 Å². The fourth-order valence-corrected chi connectivity index (χ4v) is 2.52. The zero-order chi connectivity index (χ0) is 12.6. The van der Waals surface area contributed by atoms with Crippen molar-refractivity contribution in [2.24, 2.45) is 0 Å². The number of carbonyl (C=O) groups is 1. The Morgan fingerprint density at radius 1 is 1.41 bits per heavy atom. The van der Waals surface area contributed by atoms with Crippen molar-refractivity contribution in [3.63, 3.8) is 0 Å². The van der Waals surface area contributed by atoms with Gasteiger partial charge >= 0.3 is 5.97 Å². The highest BCUT2D eigenvalue weighted by Gasteiger charge is 2.18. The van der Waals surface area contributed by atoms with Crippen LogP contribution in [0.5, 0.6) is 0 Å². The molecule has 1 aromatic carbocycles. The van der Waals surface area contributed by atoms with Crippen LogP contribution < -0.4 is 0 Å². The molecule has 1 aromatic heterocycles. The van der Waals surface area contributed by atoms with E-state index >= 15 is 0 Å². The van der Waals surface area contributed by atoms with Gasteiger partial charge in [0, 0.05) is 0 Å². The fourth-order valence-electron chi connectivity index (χ4n) is 1.38. The molecular weight excluding hydrogens is 254 g/mol. The molecule has 0 N–H and O–H groups in total. The number of nitrogens with zero attached hydrogens (tertiary/aromatic N) is 1. The highest BCUT2D eigenvalue weighted by Crippen LogP contribution is 2.26. The normalized spacial score (nSPS) is 11.8. The Balaban J connectivity index is 2.33. The van der Waals surface area contributed by atoms with Gasteiger partial charge in [0.05, 0.1) is 15.8 Å². The zero-order valence-electron chi connectivity index (χ0n) is 9.85. The zero-order valence-corrected chi connectivity index (χ0v) is 11.6. The second-order valence-corrected chi connectivity index (χ2v) is 6.44. The Morgan fingerprint density at radius 2 is 2.12 bits per heavy atom. The van der Waals surface area contributed by atoms with Crippen LogP contribution in [0.15, 0.2) is 22.5 Å². The van der Waals surface area contributed by atoms with Crippen molar-refractivity contribution >= 4 is 40.2 Å². The standard InChI is InChI=1S/C12H13NO2S2/c1-12(2,3)15-10(14)7-4-5-8-9(6-7)17-11(16)13-8/h4-6H,1-3H3,(H,13,16). The Morgan fingerprint density at radius 3 is 2.76 bits per heavy atom. The van der Waals surface area contributed by atoms with E-state index < -0.39 is 5.60 Å². The third-order valence-electron chi connectivity index (χ3n) is 2.01. The van der Waals surface area contributed by atoms with Crippen molar-refractivity contribution in [3.05, 3.63) is 23.8 Å². The molecular formula is C12H13NO2S2. The van der Waals surface area contributed by atoms with E-state index in [0.717, 1.165) is 10.2 Å². The molecule has 1 heterocycles. The van der Waals surface area contributed by atoms with E-state index in [9.17, 15) is 4.79 Å². The van der Waals surface area contributed by atoms with Crippen LogP contribution in [0.25, 0.3) is 10.2 Å². The first-order valence-corrected chi connectivity index (χ1v) is 6.44. The Hall–Kier alpha value is -1.07. The van der Waals surface area contributed by atoms with Crippen LogP contribution in [0.1, 0.15) is 31.1 Å². The number of hydrogen-bond acceptors (Lipinski definition) is 5. The second kappa shape index (κ2) is 4.31. The van der Waals surface area contributed by atoms with Gasteiger partial charge in [-0.25, -0.2) is 9.78 Å². The fraction of sp³-hybridized carbons (Fsp3) is 0.333. The van der Waals surface area contributed by atoms with Crippen LogP contribution >= 0.6 is 24.0 Å². The molecule has 90 valence electrons. The smallest absolute Gasteiger partial charge is 0.338 e. The lowest BCUT2D eigenvalue weighted by molar-refractivity contribution is 0.00698. The summed E-state index contributed by atoms with van der Waals surface area (Å²) in [5.74, 6) is -0.312. The van der Waals surface area contributed by atoms with Crippen molar-refractivity contribution < 1.29 is 9.53 Å². The van der Waals surface area contributed by atoms with Gasteiger partial charge in [-0.1, -0.05) is 0 Å². The first-order valence-electron chi connectivity index (χ1n) is 5.18. The molecule has 0 saturated heterocycles. The lowest BCUT2D eigenvalue weighted by atomic mass is 10.1. The average molecular weight is 267 g/mol. The number of carbonyl (C=O) groups excluding carboxylic acids is 1. The number of hydrogen-bond donors (Lipinski definition) is 1. The van der Waals surface area contributed by atoms with Crippen molar-refractivity contribution in [2.45, 2.75) is 30.7 Å². The van der Waals surface area contributed by atoms with E-state index in [1.54, 1.807) is 12.1 Å². The molecule has 0 amide bonds. The lowest BCUT2D eigenvalue weighted by Gasteiger charge is -2.19. The molecule has 0 fully saturated rings. The SMILES string of the molecule is CC(C)(C)OC(=O)c1ccc2nc(S)sc2c1. The van der Waals surface area contributed by atoms with Crippen molar-refractivity contribution in [2.75, 3.05) is 0 Å². The van der Waals surface area contributed by atoms with E-state index in [1.165, 1.54) is 11.3 Å². The highest BCUT2D eigenvalue weighted by atomic mass is 32.2. The first kappa shape index (κ1) is 12.4. The third-order valence-corrected chi connectivity index (χ3v) is 3.21. The van der Waals surface area contributed by atoms with Crippen LogP contribution in [0.2, 0.25) is 0 Å². The summed E-state index contributed by atoms with van der Waals surface area (Å²) in [5, 5.41) is 0. The maximum absolute atomic E-state index is 11.9. The van der Waals surface area contributed by atoms with E-state index in [-0.39, 0.29) is 5.97 Å². The van der Waals surface area contributed by atoms with Crippen LogP contribution in [0, 0.1) is 0 Å². The van der Waals surface area contributed by atoms with Gasteiger partial charge in [0.2, 0.25) is 0 Å². The number of aromatic nitrogens is 1. The van der Waals surface area contributed by atoms with Crippen molar-refractivity contribution in [1.82, 2.24) is 4.98 Å². The number of thiazole rings is 1. The van der Waals surface area contributed by atoms with E-state index in [4.69, 9.17) is 4.74 Å². The van der Waals surface area contributed by atoms with Crippen molar-refractivity contribution in [3.8, 4) is 0 Å². The highest BCUT2D eigenvalue weighted by molar-refractivity contribution is 7.82. The Labute approximate surface area is 109 Å². The minimum Gasteiger partial charge on any atom is -0.456 e. The Kier molecular flexibility index (Phi) is 3.14. The van der Waals surface area contributed by atoms with Gasteiger partial charge in [0.25, 0.3) is 0 Å². The lowest BCUT2D eigenvalue weighted by Crippen LogP contribution is -2.23.